The van der Waals surface area contributed by atoms with Gasteiger partial charge in [0, 0.05) is 49.4 Å². The Bertz CT molecular complexity index is 984. The number of fused-ring (bicyclic) bond motifs is 1. The van der Waals surface area contributed by atoms with Gasteiger partial charge in [0.05, 0.1) is 12.6 Å². The molecule has 0 atom stereocenters. The molecule has 146 valence electrons. The standard InChI is InChI=1S/C19H23N7O2/c1-24-4-6-25(7-5-24)15-10-16(21-14-2-3-14)26-18(22-15)13(11-20-26)8-12-9-17(27)23-19(12)28/h8,10-11,14,21H,2-7,9H2,1H3,(H,23,27,28). The molecular formula is C19H23N7O2. The average Bonchev–Trinajstić information content (AvgIpc) is 3.31. The maximum atomic E-state index is 11.9. The van der Waals surface area contributed by atoms with Crippen LogP contribution in [0.5, 0.6) is 0 Å². The van der Waals surface area contributed by atoms with Crippen LogP contribution in [0.3, 0.4) is 0 Å². The van der Waals surface area contributed by atoms with Gasteiger partial charge in [0.15, 0.2) is 5.65 Å². The molecule has 2 saturated heterocycles. The minimum Gasteiger partial charge on any atom is -0.367 e. The maximum absolute atomic E-state index is 11.9. The number of amides is 2. The Balaban J connectivity index is 1.56. The van der Waals surface area contributed by atoms with Crippen LogP contribution in [0.2, 0.25) is 0 Å². The number of nitrogens with one attached hydrogen (secondary N) is 2. The van der Waals surface area contributed by atoms with Crippen molar-refractivity contribution in [2.24, 2.45) is 0 Å². The van der Waals surface area contributed by atoms with Crippen molar-refractivity contribution in [1.82, 2.24) is 24.8 Å². The van der Waals surface area contributed by atoms with Gasteiger partial charge in [-0.2, -0.15) is 9.61 Å². The molecule has 2 aromatic heterocycles. The molecule has 0 radical (unpaired) electrons. The van der Waals surface area contributed by atoms with Crippen LogP contribution in [-0.4, -0.2) is 70.6 Å². The molecule has 1 aliphatic carbocycles. The molecule has 1 saturated carbocycles. The highest BCUT2D eigenvalue weighted by atomic mass is 16.2. The first-order valence-corrected chi connectivity index (χ1v) is 9.70. The second-order valence-electron chi connectivity index (χ2n) is 7.77. The molecule has 9 nitrogen and oxygen atoms in total. The maximum Gasteiger partial charge on any atom is 0.254 e. The van der Waals surface area contributed by atoms with E-state index in [1.807, 2.05) is 0 Å². The Hall–Kier alpha value is -2.94. The van der Waals surface area contributed by atoms with E-state index in [2.05, 4.69) is 38.6 Å². The third-order valence-corrected chi connectivity index (χ3v) is 5.47. The zero-order valence-electron chi connectivity index (χ0n) is 15.8. The Morgan fingerprint density at radius 1 is 1.21 bits per heavy atom. The van der Waals surface area contributed by atoms with Gasteiger partial charge in [0.1, 0.15) is 11.6 Å². The van der Waals surface area contributed by atoms with E-state index < -0.39 is 0 Å². The minimum absolute atomic E-state index is 0.0987. The lowest BCUT2D eigenvalue weighted by Gasteiger charge is -2.33. The van der Waals surface area contributed by atoms with Crippen molar-refractivity contribution >= 4 is 35.2 Å². The Labute approximate surface area is 162 Å². The van der Waals surface area contributed by atoms with Crippen LogP contribution >= 0.6 is 0 Å². The fraction of sp³-hybridized carbons (Fsp3) is 0.474. The number of rotatable bonds is 4. The van der Waals surface area contributed by atoms with Crippen molar-refractivity contribution in [3.8, 4) is 0 Å². The summed E-state index contributed by atoms with van der Waals surface area (Å²) in [6.45, 7) is 3.83. The van der Waals surface area contributed by atoms with Crippen molar-refractivity contribution in [3.05, 3.63) is 23.4 Å². The van der Waals surface area contributed by atoms with Crippen LogP contribution in [0.25, 0.3) is 11.7 Å². The molecule has 0 aromatic carbocycles. The van der Waals surface area contributed by atoms with Gasteiger partial charge in [-0.15, -0.1) is 0 Å². The molecule has 0 spiro atoms. The first kappa shape index (κ1) is 17.2. The highest BCUT2D eigenvalue weighted by molar-refractivity contribution is 6.15. The molecule has 3 fully saturated rings. The predicted octanol–water partition coefficient (Wildman–Crippen LogP) is 0.485. The monoisotopic (exact) mass is 381 g/mol. The van der Waals surface area contributed by atoms with Crippen LogP contribution in [-0.2, 0) is 9.59 Å². The molecule has 9 heteroatoms. The number of carbonyl (C=O) groups excluding carboxylic acids is 2. The zero-order chi connectivity index (χ0) is 19.3. The van der Waals surface area contributed by atoms with Crippen LogP contribution in [0.15, 0.2) is 17.8 Å². The molecule has 2 aromatic rings. The van der Waals surface area contributed by atoms with Crippen LogP contribution < -0.4 is 15.5 Å². The number of anilines is 2. The van der Waals surface area contributed by atoms with Gasteiger partial charge >= 0.3 is 0 Å². The average molecular weight is 381 g/mol. The van der Waals surface area contributed by atoms with Crippen molar-refractivity contribution in [2.75, 3.05) is 43.4 Å². The van der Waals surface area contributed by atoms with Gasteiger partial charge in [0.2, 0.25) is 5.91 Å². The van der Waals surface area contributed by atoms with E-state index in [9.17, 15) is 9.59 Å². The van der Waals surface area contributed by atoms with Crippen LogP contribution in [0.4, 0.5) is 11.6 Å². The summed E-state index contributed by atoms with van der Waals surface area (Å²) in [6, 6.07) is 2.54. The topological polar surface area (TPSA) is 94.9 Å². The van der Waals surface area contributed by atoms with E-state index in [-0.39, 0.29) is 18.2 Å². The molecule has 0 unspecified atom stereocenters. The first-order valence-electron chi connectivity index (χ1n) is 9.70. The third-order valence-electron chi connectivity index (χ3n) is 5.47. The van der Waals surface area contributed by atoms with Gasteiger partial charge < -0.3 is 15.1 Å². The summed E-state index contributed by atoms with van der Waals surface area (Å²) in [7, 11) is 2.13. The van der Waals surface area contributed by atoms with E-state index in [4.69, 9.17) is 4.98 Å². The number of imide groups is 1. The molecular weight excluding hydrogens is 358 g/mol. The van der Waals surface area contributed by atoms with Gasteiger partial charge in [-0.25, -0.2) is 4.98 Å². The number of likely N-dealkylation sites (N-methyl/N-ethyl adjacent to an activating group) is 1. The molecule has 4 heterocycles. The van der Waals surface area contributed by atoms with Crippen LogP contribution in [0, 0.1) is 0 Å². The summed E-state index contributed by atoms with van der Waals surface area (Å²) in [5, 5.41) is 10.3. The lowest BCUT2D eigenvalue weighted by molar-refractivity contribution is -0.124. The van der Waals surface area contributed by atoms with Crippen molar-refractivity contribution < 1.29 is 9.59 Å². The number of aromatic nitrogens is 3. The summed E-state index contributed by atoms with van der Waals surface area (Å²) < 4.78 is 1.79. The Morgan fingerprint density at radius 3 is 2.68 bits per heavy atom. The van der Waals surface area contributed by atoms with Gasteiger partial charge in [-0.1, -0.05) is 0 Å². The summed E-state index contributed by atoms with van der Waals surface area (Å²) >= 11 is 0. The quantitative estimate of drug-likeness (QED) is 0.588. The van der Waals surface area contributed by atoms with E-state index >= 15 is 0 Å². The first-order chi connectivity index (χ1) is 13.6. The second-order valence-corrected chi connectivity index (χ2v) is 7.77. The second kappa shape index (κ2) is 6.59. The summed E-state index contributed by atoms with van der Waals surface area (Å²) in [4.78, 5) is 32.9. The largest absolute Gasteiger partial charge is 0.367 e. The molecule has 2 aliphatic heterocycles. The van der Waals surface area contributed by atoms with Crippen LogP contribution in [0.1, 0.15) is 24.8 Å². The van der Waals surface area contributed by atoms with Gasteiger partial charge in [0.25, 0.3) is 5.91 Å². The number of hydrogen-bond donors (Lipinski definition) is 2. The number of hydrogen-bond acceptors (Lipinski definition) is 7. The lowest BCUT2D eigenvalue weighted by Crippen LogP contribution is -2.44. The van der Waals surface area contributed by atoms with E-state index in [0.29, 0.717) is 17.3 Å². The summed E-state index contributed by atoms with van der Waals surface area (Å²) in [5.41, 5.74) is 1.89. The third kappa shape index (κ3) is 3.22. The molecule has 0 bridgehead atoms. The molecule has 3 aliphatic rings. The smallest absolute Gasteiger partial charge is 0.254 e. The predicted molar refractivity (Wildman–Crippen MR) is 105 cm³/mol. The lowest BCUT2D eigenvalue weighted by atomic mass is 10.1. The zero-order valence-corrected chi connectivity index (χ0v) is 15.8. The molecule has 5 rings (SSSR count). The number of piperazine rings is 1. The Kier molecular flexibility index (Phi) is 4.04. The fourth-order valence-corrected chi connectivity index (χ4v) is 3.61. The van der Waals surface area contributed by atoms with E-state index in [1.54, 1.807) is 16.8 Å². The minimum atomic E-state index is -0.337. The van der Waals surface area contributed by atoms with E-state index in [1.165, 1.54) is 0 Å². The van der Waals surface area contributed by atoms with E-state index in [0.717, 1.165) is 56.2 Å². The van der Waals surface area contributed by atoms with Gasteiger partial charge in [-0.05, 0) is 26.0 Å². The van der Waals surface area contributed by atoms with Crippen molar-refractivity contribution in [2.45, 2.75) is 25.3 Å². The normalized spacial score (nSPS) is 22.3. The SMILES string of the molecule is CN1CCN(c2cc(NC3CC3)n3ncc(C=C4CC(=O)NC4=O)c3n2)CC1. The Morgan fingerprint density at radius 2 is 2.00 bits per heavy atom. The highest BCUT2D eigenvalue weighted by Crippen LogP contribution is 2.29. The molecule has 28 heavy (non-hydrogen) atoms. The molecule has 2 amide bonds. The number of nitrogens with zero attached hydrogens (tertiary/aromatic N) is 5. The highest BCUT2D eigenvalue weighted by Gasteiger charge is 2.26. The van der Waals surface area contributed by atoms with Crippen molar-refractivity contribution in [1.29, 1.82) is 0 Å². The summed E-state index contributed by atoms with van der Waals surface area (Å²) in [6.07, 6.45) is 5.85. The molecule has 2 N–H and O–H groups in total. The van der Waals surface area contributed by atoms with Gasteiger partial charge in [-0.3, -0.25) is 14.9 Å². The summed E-state index contributed by atoms with van der Waals surface area (Å²) in [5.74, 6) is 1.22. The fourth-order valence-electron chi connectivity index (χ4n) is 3.61. The van der Waals surface area contributed by atoms with Crippen molar-refractivity contribution in [3.63, 3.8) is 0 Å². The number of carbonyl (C=O) groups is 2.